The summed E-state index contributed by atoms with van der Waals surface area (Å²) in [7, 11) is 3.25. The molecule has 2 aromatic rings. The monoisotopic (exact) mass is 380 g/mol. The number of methoxy groups -OCH3 is 2. The van der Waals surface area contributed by atoms with Crippen molar-refractivity contribution in [1.82, 2.24) is 0 Å². The van der Waals surface area contributed by atoms with Gasteiger partial charge in [-0.05, 0) is 54.8 Å². The Morgan fingerprint density at radius 1 is 1.00 bits per heavy atom. The smallest absolute Gasteiger partial charge is 0.185 e. The fourth-order valence-corrected chi connectivity index (χ4v) is 2.79. The molecule has 0 radical (unpaired) electrons. The quantitative estimate of drug-likeness (QED) is 0.345. The Labute approximate surface area is 167 Å². The first-order chi connectivity index (χ1) is 13.2. The van der Waals surface area contributed by atoms with Gasteiger partial charge in [-0.1, -0.05) is 27.4 Å². The van der Waals surface area contributed by atoms with Crippen molar-refractivity contribution >= 4 is 11.9 Å². The number of ether oxygens (including phenoxy) is 3. The summed E-state index contributed by atoms with van der Waals surface area (Å²) in [6.07, 6.45) is 3.32. The van der Waals surface area contributed by atoms with E-state index < -0.39 is 0 Å². The lowest BCUT2D eigenvalue weighted by atomic mass is 9.85. The maximum Gasteiger partial charge on any atom is 0.185 e. The molecule has 0 aliphatic carbocycles. The molecule has 0 saturated heterocycles. The molecule has 0 aliphatic rings. The van der Waals surface area contributed by atoms with Crippen LogP contribution in [0.5, 0.6) is 17.2 Å². The van der Waals surface area contributed by atoms with E-state index in [0.29, 0.717) is 22.8 Å². The summed E-state index contributed by atoms with van der Waals surface area (Å²) in [5.41, 5.74) is 2.34. The molecular weight excluding hydrogens is 352 g/mol. The molecule has 2 rings (SSSR count). The number of hydrogen-bond donors (Lipinski definition) is 0. The minimum absolute atomic E-state index is 0.0999. The van der Waals surface area contributed by atoms with Crippen molar-refractivity contribution < 1.29 is 19.0 Å². The molecule has 0 saturated carbocycles. The summed E-state index contributed by atoms with van der Waals surface area (Å²) in [5, 5.41) is 0. The Morgan fingerprint density at radius 3 is 2.11 bits per heavy atom. The van der Waals surface area contributed by atoms with E-state index in [4.69, 9.17) is 14.2 Å². The van der Waals surface area contributed by atoms with Gasteiger partial charge in [-0.3, -0.25) is 4.79 Å². The van der Waals surface area contributed by atoms with Gasteiger partial charge in [0.2, 0.25) is 0 Å². The highest BCUT2D eigenvalue weighted by atomic mass is 16.5. The molecule has 2 aromatic carbocycles. The van der Waals surface area contributed by atoms with Gasteiger partial charge in [0, 0.05) is 22.8 Å². The second-order valence-corrected chi connectivity index (χ2v) is 7.57. The van der Waals surface area contributed by atoms with Crippen LogP contribution in [0, 0.1) is 0 Å². The lowest BCUT2D eigenvalue weighted by Crippen LogP contribution is -2.13. The maximum atomic E-state index is 12.5. The van der Waals surface area contributed by atoms with Gasteiger partial charge in [-0.2, -0.15) is 0 Å². The summed E-state index contributed by atoms with van der Waals surface area (Å²) in [5.74, 6) is 2.57. The van der Waals surface area contributed by atoms with E-state index in [0.717, 1.165) is 16.9 Å². The second kappa shape index (κ2) is 8.79. The van der Waals surface area contributed by atoms with E-state index in [-0.39, 0.29) is 11.2 Å². The van der Waals surface area contributed by atoms with E-state index in [1.54, 1.807) is 57.6 Å². The molecule has 4 heteroatoms. The average Bonchev–Trinajstić information content (AvgIpc) is 2.64. The van der Waals surface area contributed by atoms with Crippen molar-refractivity contribution in [3.63, 3.8) is 0 Å². The first kappa shape index (κ1) is 21.3. The molecule has 148 valence electrons. The van der Waals surface area contributed by atoms with Gasteiger partial charge < -0.3 is 14.2 Å². The van der Waals surface area contributed by atoms with Crippen LogP contribution in [-0.4, -0.2) is 20.0 Å². The molecule has 0 atom stereocenters. The van der Waals surface area contributed by atoms with Crippen molar-refractivity contribution in [2.75, 3.05) is 14.2 Å². The van der Waals surface area contributed by atoms with Crippen molar-refractivity contribution in [3.05, 3.63) is 71.5 Å². The predicted octanol–water partition coefficient (Wildman–Crippen LogP) is 5.81. The SMILES string of the molecule is C=C(C)Oc1ccc(C(=O)C=Cc2cc(C(C)(C)C)c(OC)cc2OC)cc1. The molecule has 28 heavy (non-hydrogen) atoms. The molecule has 0 N–H and O–H groups in total. The lowest BCUT2D eigenvalue weighted by molar-refractivity contribution is 0.104. The number of ketones is 1. The Bertz CT molecular complexity index is 884. The minimum Gasteiger partial charge on any atom is -0.496 e. The van der Waals surface area contributed by atoms with Gasteiger partial charge in [-0.15, -0.1) is 0 Å². The maximum absolute atomic E-state index is 12.5. The average molecular weight is 380 g/mol. The molecule has 0 heterocycles. The highest BCUT2D eigenvalue weighted by Gasteiger charge is 2.21. The third kappa shape index (κ3) is 5.26. The van der Waals surface area contributed by atoms with E-state index in [1.807, 2.05) is 12.1 Å². The van der Waals surface area contributed by atoms with Crippen LogP contribution >= 0.6 is 0 Å². The molecular formula is C24H28O4. The first-order valence-corrected chi connectivity index (χ1v) is 9.08. The number of allylic oxidation sites excluding steroid dienone is 2. The third-order valence-electron chi connectivity index (χ3n) is 4.21. The third-order valence-corrected chi connectivity index (χ3v) is 4.21. The predicted molar refractivity (Wildman–Crippen MR) is 113 cm³/mol. The van der Waals surface area contributed by atoms with Crippen LogP contribution in [0.3, 0.4) is 0 Å². The number of hydrogen-bond acceptors (Lipinski definition) is 4. The van der Waals surface area contributed by atoms with Gasteiger partial charge in [0.15, 0.2) is 5.78 Å². The minimum atomic E-state index is -0.108. The molecule has 0 fully saturated rings. The Hall–Kier alpha value is -3.01. The van der Waals surface area contributed by atoms with E-state index >= 15 is 0 Å². The number of carbonyl (C=O) groups is 1. The Kier molecular flexibility index (Phi) is 6.68. The zero-order valence-electron chi connectivity index (χ0n) is 17.5. The zero-order chi connectivity index (χ0) is 20.9. The lowest BCUT2D eigenvalue weighted by Gasteiger charge is -2.23. The largest absolute Gasteiger partial charge is 0.496 e. The van der Waals surface area contributed by atoms with Crippen LogP contribution in [0.15, 0.2) is 54.8 Å². The summed E-state index contributed by atoms with van der Waals surface area (Å²) in [4.78, 5) is 12.5. The molecule has 4 nitrogen and oxygen atoms in total. The summed E-state index contributed by atoms with van der Waals surface area (Å²) < 4.78 is 16.4. The summed E-state index contributed by atoms with van der Waals surface area (Å²) in [6.45, 7) is 11.8. The van der Waals surface area contributed by atoms with Crippen LogP contribution in [-0.2, 0) is 5.41 Å². The van der Waals surface area contributed by atoms with Gasteiger partial charge in [-0.25, -0.2) is 0 Å². The summed E-state index contributed by atoms with van der Waals surface area (Å²) >= 11 is 0. The molecule has 0 aromatic heterocycles. The number of carbonyl (C=O) groups excluding carboxylic acids is 1. The van der Waals surface area contributed by atoms with Gasteiger partial charge in [0.25, 0.3) is 0 Å². The zero-order valence-corrected chi connectivity index (χ0v) is 17.5. The highest BCUT2D eigenvalue weighted by Crippen LogP contribution is 2.37. The van der Waals surface area contributed by atoms with E-state index in [1.165, 1.54) is 0 Å². The van der Waals surface area contributed by atoms with Crippen LogP contribution in [0.1, 0.15) is 49.2 Å². The van der Waals surface area contributed by atoms with Crippen molar-refractivity contribution in [3.8, 4) is 17.2 Å². The molecule has 0 aliphatic heterocycles. The molecule has 0 unspecified atom stereocenters. The van der Waals surface area contributed by atoms with Crippen LogP contribution in [0.25, 0.3) is 6.08 Å². The second-order valence-electron chi connectivity index (χ2n) is 7.57. The Morgan fingerprint density at radius 2 is 1.61 bits per heavy atom. The van der Waals surface area contributed by atoms with Crippen LogP contribution in [0.2, 0.25) is 0 Å². The van der Waals surface area contributed by atoms with Crippen molar-refractivity contribution in [1.29, 1.82) is 0 Å². The number of rotatable bonds is 7. The fraction of sp³-hybridized carbons (Fsp3) is 0.292. The molecule has 0 amide bonds. The summed E-state index contributed by atoms with van der Waals surface area (Å²) in [6, 6.07) is 10.8. The number of benzene rings is 2. The first-order valence-electron chi connectivity index (χ1n) is 9.08. The standard InChI is InChI=1S/C24H28O4/c1-16(2)28-19-11-8-17(9-12-19)21(25)13-10-18-14-20(24(3,4)5)23(27-7)15-22(18)26-6/h8-15H,1H2,2-7H3. The van der Waals surface area contributed by atoms with E-state index in [9.17, 15) is 4.79 Å². The van der Waals surface area contributed by atoms with E-state index in [2.05, 4.69) is 27.4 Å². The van der Waals surface area contributed by atoms with Gasteiger partial charge >= 0.3 is 0 Å². The van der Waals surface area contributed by atoms with Gasteiger partial charge in [0.1, 0.15) is 17.2 Å². The van der Waals surface area contributed by atoms with Crippen LogP contribution in [0.4, 0.5) is 0 Å². The van der Waals surface area contributed by atoms with Crippen molar-refractivity contribution in [2.24, 2.45) is 0 Å². The fourth-order valence-electron chi connectivity index (χ4n) is 2.79. The molecule has 0 spiro atoms. The topological polar surface area (TPSA) is 44.8 Å². The highest BCUT2D eigenvalue weighted by molar-refractivity contribution is 6.07. The van der Waals surface area contributed by atoms with Gasteiger partial charge in [0.05, 0.1) is 20.0 Å². The van der Waals surface area contributed by atoms with Crippen LogP contribution < -0.4 is 14.2 Å². The van der Waals surface area contributed by atoms with Crippen molar-refractivity contribution in [2.45, 2.75) is 33.1 Å². The normalized spacial score (nSPS) is 11.4. The molecule has 0 bridgehead atoms. The Balaban J connectivity index is 2.31.